The summed E-state index contributed by atoms with van der Waals surface area (Å²) >= 11 is 0. The largest absolute Gasteiger partial charge is 0.324 e. The van der Waals surface area contributed by atoms with E-state index in [9.17, 15) is 9.18 Å². The number of pyridine rings is 1. The third kappa shape index (κ3) is 4.97. The van der Waals surface area contributed by atoms with Crippen molar-refractivity contribution in [2.75, 3.05) is 16.0 Å². The van der Waals surface area contributed by atoms with E-state index in [0.29, 0.717) is 11.6 Å². The molecule has 0 unspecified atom stereocenters. The number of amides is 1. The summed E-state index contributed by atoms with van der Waals surface area (Å²) in [5.41, 5.74) is 3.00. The molecule has 0 saturated heterocycles. The lowest BCUT2D eigenvalue weighted by molar-refractivity contribution is -0.114. The van der Waals surface area contributed by atoms with Crippen LogP contribution in [0, 0.1) is 19.7 Å². The van der Waals surface area contributed by atoms with Crippen LogP contribution in [0.3, 0.4) is 0 Å². The molecular formula is C19H19FN6O. The number of hydrogen-bond acceptors (Lipinski definition) is 6. The summed E-state index contributed by atoms with van der Waals surface area (Å²) in [7, 11) is 0. The van der Waals surface area contributed by atoms with Gasteiger partial charge in [-0.25, -0.2) is 14.4 Å². The van der Waals surface area contributed by atoms with Gasteiger partial charge in [0.1, 0.15) is 11.6 Å². The lowest BCUT2D eigenvalue weighted by Gasteiger charge is -2.11. The molecule has 1 aromatic carbocycles. The first-order chi connectivity index (χ1) is 12.9. The van der Waals surface area contributed by atoms with E-state index in [1.165, 1.54) is 6.92 Å². The van der Waals surface area contributed by atoms with Gasteiger partial charge in [0, 0.05) is 12.6 Å². The number of anilines is 5. The number of hydrogen-bond donors (Lipinski definition) is 3. The molecule has 0 radical (unpaired) electrons. The van der Waals surface area contributed by atoms with E-state index in [1.807, 2.05) is 26.0 Å². The first-order valence-corrected chi connectivity index (χ1v) is 8.28. The van der Waals surface area contributed by atoms with Crippen LogP contribution in [0.4, 0.5) is 33.5 Å². The van der Waals surface area contributed by atoms with Crippen LogP contribution in [-0.4, -0.2) is 20.9 Å². The van der Waals surface area contributed by atoms with Crippen molar-refractivity contribution in [2.45, 2.75) is 20.8 Å². The van der Waals surface area contributed by atoms with Crippen molar-refractivity contribution < 1.29 is 9.18 Å². The van der Waals surface area contributed by atoms with Gasteiger partial charge in [0.15, 0.2) is 11.6 Å². The zero-order valence-corrected chi connectivity index (χ0v) is 15.2. The Morgan fingerprint density at radius 2 is 1.70 bits per heavy atom. The Labute approximate surface area is 156 Å². The predicted molar refractivity (Wildman–Crippen MR) is 103 cm³/mol. The van der Waals surface area contributed by atoms with Gasteiger partial charge < -0.3 is 16.0 Å². The van der Waals surface area contributed by atoms with Crippen molar-refractivity contribution in [2.24, 2.45) is 0 Å². The second-order valence-corrected chi connectivity index (χ2v) is 6.11. The zero-order chi connectivity index (χ0) is 19.4. The molecule has 138 valence electrons. The summed E-state index contributed by atoms with van der Waals surface area (Å²) in [6.07, 6.45) is 1.08. The quantitative estimate of drug-likeness (QED) is 0.630. The second kappa shape index (κ2) is 7.77. The van der Waals surface area contributed by atoms with Gasteiger partial charge >= 0.3 is 0 Å². The van der Waals surface area contributed by atoms with Crippen molar-refractivity contribution in [3.8, 4) is 0 Å². The first-order valence-electron chi connectivity index (χ1n) is 8.28. The highest BCUT2D eigenvalue weighted by Gasteiger charge is 2.09. The summed E-state index contributed by atoms with van der Waals surface area (Å²) in [5.74, 6) is 0.0681. The Morgan fingerprint density at radius 1 is 1.00 bits per heavy atom. The van der Waals surface area contributed by atoms with Crippen molar-refractivity contribution >= 4 is 35.0 Å². The summed E-state index contributed by atoms with van der Waals surface area (Å²) < 4.78 is 14.1. The number of halogens is 1. The molecule has 7 nitrogen and oxygen atoms in total. The standard InChI is InChI=1S/C19H19FN6O/c1-11-7-12(2)9-14(8-11)23-19-21-10-15(20)18(26-19)25-17-6-4-5-16(24-17)22-13(3)27/h4-10H,1-3H3,(H3,21,22,23,24,25,26,27). The molecule has 27 heavy (non-hydrogen) atoms. The second-order valence-electron chi connectivity index (χ2n) is 6.11. The molecule has 0 aliphatic rings. The van der Waals surface area contributed by atoms with Crippen LogP contribution in [0.5, 0.6) is 0 Å². The van der Waals surface area contributed by atoms with Crippen molar-refractivity contribution in [1.82, 2.24) is 15.0 Å². The van der Waals surface area contributed by atoms with Crippen LogP contribution in [0.15, 0.2) is 42.6 Å². The van der Waals surface area contributed by atoms with Crippen molar-refractivity contribution in [1.29, 1.82) is 0 Å². The maximum absolute atomic E-state index is 14.1. The van der Waals surface area contributed by atoms with Crippen LogP contribution in [0.1, 0.15) is 18.1 Å². The average molecular weight is 366 g/mol. The van der Waals surface area contributed by atoms with Crippen LogP contribution in [0.2, 0.25) is 0 Å². The number of nitrogens with one attached hydrogen (secondary N) is 3. The number of carbonyl (C=O) groups excluding carboxylic acids is 1. The molecule has 2 aromatic heterocycles. The maximum Gasteiger partial charge on any atom is 0.229 e. The number of rotatable bonds is 5. The van der Waals surface area contributed by atoms with Gasteiger partial charge in [0.25, 0.3) is 0 Å². The minimum atomic E-state index is -0.618. The molecule has 3 N–H and O–H groups in total. The highest BCUT2D eigenvalue weighted by molar-refractivity contribution is 5.87. The number of nitrogens with zero attached hydrogens (tertiary/aromatic N) is 3. The lowest BCUT2D eigenvalue weighted by atomic mass is 10.1. The average Bonchev–Trinajstić information content (AvgIpc) is 2.57. The summed E-state index contributed by atoms with van der Waals surface area (Å²) in [6, 6.07) is 10.9. The molecule has 0 aliphatic heterocycles. The van der Waals surface area contributed by atoms with E-state index < -0.39 is 5.82 Å². The highest BCUT2D eigenvalue weighted by atomic mass is 19.1. The SMILES string of the molecule is CC(=O)Nc1cccc(Nc2nc(Nc3cc(C)cc(C)c3)ncc2F)n1. The van der Waals surface area contributed by atoms with E-state index in [-0.39, 0.29) is 17.7 Å². The highest BCUT2D eigenvalue weighted by Crippen LogP contribution is 2.21. The fourth-order valence-electron chi connectivity index (χ4n) is 2.57. The predicted octanol–water partition coefficient (Wildman–Crippen LogP) is 4.07. The fourth-order valence-corrected chi connectivity index (χ4v) is 2.57. The van der Waals surface area contributed by atoms with Crippen LogP contribution in [0.25, 0.3) is 0 Å². The summed E-state index contributed by atoms with van der Waals surface area (Å²) in [6.45, 7) is 5.37. The van der Waals surface area contributed by atoms with Gasteiger partial charge in [0.2, 0.25) is 11.9 Å². The Bertz CT molecular complexity index is 971. The Kier molecular flexibility index (Phi) is 5.25. The van der Waals surface area contributed by atoms with Crippen LogP contribution in [-0.2, 0) is 4.79 Å². The zero-order valence-electron chi connectivity index (χ0n) is 15.2. The van der Waals surface area contributed by atoms with Crippen molar-refractivity contribution in [3.63, 3.8) is 0 Å². The fraction of sp³-hybridized carbons (Fsp3) is 0.158. The van der Waals surface area contributed by atoms with Gasteiger partial charge in [-0.3, -0.25) is 4.79 Å². The lowest BCUT2D eigenvalue weighted by Crippen LogP contribution is -2.09. The van der Waals surface area contributed by atoms with E-state index in [0.717, 1.165) is 23.0 Å². The minimum Gasteiger partial charge on any atom is -0.324 e. The van der Waals surface area contributed by atoms with E-state index in [4.69, 9.17) is 0 Å². The van der Waals surface area contributed by atoms with Crippen LogP contribution < -0.4 is 16.0 Å². The van der Waals surface area contributed by atoms with E-state index >= 15 is 0 Å². The first kappa shape index (κ1) is 18.2. The molecule has 3 rings (SSSR count). The molecule has 8 heteroatoms. The third-order valence-electron chi connectivity index (χ3n) is 3.52. The van der Waals surface area contributed by atoms with Gasteiger partial charge in [-0.1, -0.05) is 12.1 Å². The summed E-state index contributed by atoms with van der Waals surface area (Å²) in [5, 5.41) is 8.45. The molecule has 2 heterocycles. The number of carbonyl (C=O) groups is 1. The minimum absolute atomic E-state index is 0.0238. The van der Waals surface area contributed by atoms with Gasteiger partial charge in [-0.05, 0) is 49.2 Å². The van der Waals surface area contributed by atoms with Crippen molar-refractivity contribution in [3.05, 3.63) is 59.5 Å². The Morgan fingerprint density at radius 3 is 2.41 bits per heavy atom. The molecule has 0 bridgehead atoms. The molecule has 0 aliphatic carbocycles. The molecular weight excluding hydrogens is 347 g/mol. The number of aromatic nitrogens is 3. The Balaban J connectivity index is 1.82. The van der Waals surface area contributed by atoms with Gasteiger partial charge in [-0.2, -0.15) is 4.98 Å². The van der Waals surface area contributed by atoms with Gasteiger partial charge in [0.05, 0.1) is 6.20 Å². The molecule has 0 saturated carbocycles. The van der Waals surface area contributed by atoms with E-state index in [2.05, 4.69) is 37.0 Å². The molecule has 0 fully saturated rings. The maximum atomic E-state index is 14.1. The number of benzene rings is 1. The third-order valence-corrected chi connectivity index (χ3v) is 3.52. The van der Waals surface area contributed by atoms with Crippen LogP contribution >= 0.6 is 0 Å². The molecule has 0 spiro atoms. The summed E-state index contributed by atoms with van der Waals surface area (Å²) in [4.78, 5) is 23.5. The normalized spacial score (nSPS) is 10.4. The molecule has 1 amide bonds. The Hall–Kier alpha value is -3.55. The van der Waals surface area contributed by atoms with Gasteiger partial charge in [-0.15, -0.1) is 0 Å². The molecule has 3 aromatic rings. The van der Waals surface area contributed by atoms with E-state index in [1.54, 1.807) is 18.2 Å². The topological polar surface area (TPSA) is 91.8 Å². The number of aryl methyl sites for hydroxylation is 2. The smallest absolute Gasteiger partial charge is 0.229 e. The molecule has 0 atom stereocenters. The monoisotopic (exact) mass is 366 g/mol.